The highest BCUT2D eigenvalue weighted by molar-refractivity contribution is 5.96. The lowest BCUT2D eigenvalue weighted by Crippen LogP contribution is -2.46. The predicted octanol–water partition coefficient (Wildman–Crippen LogP) is 1.15. The third-order valence-electron chi connectivity index (χ3n) is 3.03. The van der Waals surface area contributed by atoms with Gasteiger partial charge in [-0.3, -0.25) is 4.79 Å². The summed E-state index contributed by atoms with van der Waals surface area (Å²) in [5, 5.41) is 7.15. The van der Waals surface area contributed by atoms with Crippen LogP contribution in [0.15, 0.2) is 4.52 Å². The SMILES string of the molecule is Cc1noc(C(C)C)c1C(=O)N1CCNCC1. The summed E-state index contributed by atoms with van der Waals surface area (Å²) < 4.78 is 5.26. The second-order valence-electron chi connectivity index (χ2n) is 4.70. The van der Waals surface area contributed by atoms with E-state index in [1.165, 1.54) is 0 Å². The lowest BCUT2D eigenvalue weighted by Gasteiger charge is -2.27. The number of carbonyl (C=O) groups excluding carboxylic acids is 1. The number of piperazine rings is 1. The van der Waals surface area contributed by atoms with Gasteiger partial charge in [0.15, 0.2) is 5.76 Å². The molecule has 0 aliphatic carbocycles. The zero-order valence-corrected chi connectivity index (χ0v) is 10.6. The maximum Gasteiger partial charge on any atom is 0.259 e. The number of carbonyl (C=O) groups is 1. The molecule has 1 fully saturated rings. The largest absolute Gasteiger partial charge is 0.360 e. The molecule has 1 aliphatic heterocycles. The fraction of sp³-hybridized carbons (Fsp3) is 0.667. The predicted molar refractivity (Wildman–Crippen MR) is 64.1 cm³/mol. The van der Waals surface area contributed by atoms with Gasteiger partial charge in [-0.25, -0.2) is 0 Å². The van der Waals surface area contributed by atoms with Crippen LogP contribution in [0.4, 0.5) is 0 Å². The molecule has 0 aromatic carbocycles. The molecule has 2 rings (SSSR count). The number of aryl methyl sites for hydroxylation is 1. The third-order valence-corrected chi connectivity index (χ3v) is 3.03. The van der Waals surface area contributed by atoms with Crippen molar-refractivity contribution in [2.24, 2.45) is 0 Å². The lowest BCUT2D eigenvalue weighted by atomic mass is 10.0. The van der Waals surface area contributed by atoms with Crippen molar-refractivity contribution in [2.75, 3.05) is 26.2 Å². The Morgan fingerprint density at radius 1 is 1.41 bits per heavy atom. The average Bonchev–Trinajstić information content (AvgIpc) is 2.71. The molecule has 0 atom stereocenters. The summed E-state index contributed by atoms with van der Waals surface area (Å²) in [5.74, 6) is 0.929. The van der Waals surface area contributed by atoms with Crippen molar-refractivity contribution < 1.29 is 9.32 Å². The van der Waals surface area contributed by atoms with E-state index in [9.17, 15) is 4.79 Å². The molecule has 1 aromatic rings. The molecule has 0 saturated carbocycles. The van der Waals surface area contributed by atoms with E-state index in [4.69, 9.17) is 4.52 Å². The van der Waals surface area contributed by atoms with Gasteiger partial charge in [-0.1, -0.05) is 19.0 Å². The third kappa shape index (κ3) is 2.34. The van der Waals surface area contributed by atoms with E-state index in [1.54, 1.807) is 0 Å². The topological polar surface area (TPSA) is 58.4 Å². The van der Waals surface area contributed by atoms with E-state index in [-0.39, 0.29) is 11.8 Å². The van der Waals surface area contributed by atoms with Crippen LogP contribution in [0.25, 0.3) is 0 Å². The lowest BCUT2D eigenvalue weighted by molar-refractivity contribution is 0.0732. The number of nitrogens with zero attached hydrogens (tertiary/aromatic N) is 2. The molecule has 0 spiro atoms. The molecule has 1 aromatic heterocycles. The number of rotatable bonds is 2. The van der Waals surface area contributed by atoms with E-state index in [0.29, 0.717) is 17.0 Å². The molecule has 1 N–H and O–H groups in total. The zero-order valence-electron chi connectivity index (χ0n) is 10.6. The Hall–Kier alpha value is -1.36. The van der Waals surface area contributed by atoms with Gasteiger partial charge >= 0.3 is 0 Å². The minimum Gasteiger partial charge on any atom is -0.360 e. The van der Waals surface area contributed by atoms with E-state index >= 15 is 0 Å². The Labute approximate surface area is 101 Å². The van der Waals surface area contributed by atoms with E-state index in [1.807, 2.05) is 25.7 Å². The summed E-state index contributed by atoms with van der Waals surface area (Å²) in [5.41, 5.74) is 1.35. The highest BCUT2D eigenvalue weighted by atomic mass is 16.5. The molecule has 17 heavy (non-hydrogen) atoms. The van der Waals surface area contributed by atoms with E-state index < -0.39 is 0 Å². The van der Waals surface area contributed by atoms with Gasteiger partial charge in [0.2, 0.25) is 0 Å². The molecule has 1 amide bonds. The fourth-order valence-electron chi connectivity index (χ4n) is 2.07. The highest BCUT2D eigenvalue weighted by Gasteiger charge is 2.27. The first-order valence-corrected chi connectivity index (χ1v) is 6.07. The van der Waals surface area contributed by atoms with Crippen molar-refractivity contribution >= 4 is 5.91 Å². The standard InChI is InChI=1S/C12H19N3O2/c1-8(2)11-10(9(3)14-17-11)12(16)15-6-4-13-5-7-15/h8,13H,4-7H2,1-3H3. The van der Waals surface area contributed by atoms with Crippen LogP contribution in [0.3, 0.4) is 0 Å². The average molecular weight is 237 g/mol. The number of aromatic nitrogens is 1. The monoisotopic (exact) mass is 237 g/mol. The summed E-state index contributed by atoms with van der Waals surface area (Å²) in [6.45, 7) is 9.05. The zero-order chi connectivity index (χ0) is 12.4. The number of hydrogen-bond acceptors (Lipinski definition) is 4. The molecule has 0 radical (unpaired) electrons. The van der Waals surface area contributed by atoms with Gasteiger partial charge in [0.05, 0.1) is 5.69 Å². The van der Waals surface area contributed by atoms with Crippen molar-refractivity contribution in [3.8, 4) is 0 Å². The van der Waals surface area contributed by atoms with Gasteiger partial charge in [0.1, 0.15) is 5.56 Å². The van der Waals surface area contributed by atoms with Crippen molar-refractivity contribution in [2.45, 2.75) is 26.7 Å². The summed E-state index contributed by atoms with van der Waals surface area (Å²) >= 11 is 0. The van der Waals surface area contributed by atoms with E-state index in [0.717, 1.165) is 26.2 Å². The Bertz CT molecular complexity index is 406. The highest BCUT2D eigenvalue weighted by Crippen LogP contribution is 2.23. The molecule has 1 saturated heterocycles. The van der Waals surface area contributed by atoms with Gasteiger partial charge in [0.25, 0.3) is 5.91 Å². The maximum atomic E-state index is 12.4. The Morgan fingerprint density at radius 3 is 2.65 bits per heavy atom. The summed E-state index contributed by atoms with van der Waals surface area (Å²) in [6.07, 6.45) is 0. The Kier molecular flexibility index (Phi) is 3.47. The minimum absolute atomic E-state index is 0.0500. The Balaban J connectivity index is 2.26. The van der Waals surface area contributed by atoms with Crippen molar-refractivity contribution in [3.63, 3.8) is 0 Å². The van der Waals surface area contributed by atoms with Crippen LogP contribution in [0.2, 0.25) is 0 Å². The van der Waals surface area contributed by atoms with Crippen molar-refractivity contribution in [3.05, 3.63) is 17.0 Å². The smallest absolute Gasteiger partial charge is 0.259 e. The summed E-state index contributed by atoms with van der Waals surface area (Å²) in [7, 11) is 0. The molecule has 0 unspecified atom stereocenters. The van der Waals surface area contributed by atoms with Crippen LogP contribution in [0.1, 0.15) is 41.6 Å². The second kappa shape index (κ2) is 4.87. The quantitative estimate of drug-likeness (QED) is 0.838. The van der Waals surface area contributed by atoms with Crippen molar-refractivity contribution in [1.82, 2.24) is 15.4 Å². The summed E-state index contributed by atoms with van der Waals surface area (Å²) in [4.78, 5) is 14.3. The van der Waals surface area contributed by atoms with Gasteiger partial charge < -0.3 is 14.7 Å². The maximum absolute atomic E-state index is 12.4. The van der Waals surface area contributed by atoms with Gasteiger partial charge in [0, 0.05) is 32.1 Å². The number of hydrogen-bond donors (Lipinski definition) is 1. The first kappa shape index (κ1) is 12.1. The van der Waals surface area contributed by atoms with E-state index in [2.05, 4.69) is 10.5 Å². The fourth-order valence-corrected chi connectivity index (χ4v) is 2.07. The van der Waals surface area contributed by atoms with Gasteiger partial charge in [-0.2, -0.15) is 0 Å². The molecule has 5 heteroatoms. The van der Waals surface area contributed by atoms with Crippen LogP contribution in [0, 0.1) is 6.92 Å². The number of nitrogens with one attached hydrogen (secondary N) is 1. The van der Waals surface area contributed by atoms with Crippen LogP contribution >= 0.6 is 0 Å². The Morgan fingerprint density at radius 2 is 2.06 bits per heavy atom. The number of amides is 1. The molecule has 94 valence electrons. The van der Waals surface area contributed by atoms with Gasteiger partial charge in [-0.15, -0.1) is 0 Å². The summed E-state index contributed by atoms with van der Waals surface area (Å²) in [6, 6.07) is 0. The second-order valence-corrected chi connectivity index (χ2v) is 4.70. The molecule has 2 heterocycles. The molecule has 1 aliphatic rings. The molecular formula is C12H19N3O2. The first-order valence-electron chi connectivity index (χ1n) is 6.07. The molecule has 0 bridgehead atoms. The van der Waals surface area contributed by atoms with Crippen LogP contribution < -0.4 is 5.32 Å². The normalized spacial score (nSPS) is 16.6. The molecular weight excluding hydrogens is 218 g/mol. The van der Waals surface area contributed by atoms with Crippen LogP contribution in [-0.2, 0) is 0 Å². The van der Waals surface area contributed by atoms with Crippen LogP contribution in [0.5, 0.6) is 0 Å². The molecule has 5 nitrogen and oxygen atoms in total. The first-order chi connectivity index (χ1) is 8.11. The minimum atomic E-state index is 0.0500. The van der Waals surface area contributed by atoms with Crippen molar-refractivity contribution in [1.29, 1.82) is 0 Å². The van der Waals surface area contributed by atoms with Crippen LogP contribution in [-0.4, -0.2) is 42.1 Å². The van der Waals surface area contributed by atoms with Gasteiger partial charge in [-0.05, 0) is 6.92 Å².